The van der Waals surface area contributed by atoms with E-state index in [1.165, 1.54) is 6.07 Å². The summed E-state index contributed by atoms with van der Waals surface area (Å²) >= 11 is 0. The summed E-state index contributed by atoms with van der Waals surface area (Å²) in [5.74, 6) is -1.51. The van der Waals surface area contributed by atoms with Gasteiger partial charge in [0.05, 0.1) is 41.7 Å². The molecule has 1 aromatic carbocycles. The number of carbonyl (C=O) groups excluding carboxylic acids is 2. The summed E-state index contributed by atoms with van der Waals surface area (Å²) in [5, 5.41) is 13.7. The van der Waals surface area contributed by atoms with E-state index in [4.69, 9.17) is 20.2 Å². The topological polar surface area (TPSA) is 146 Å². The Bertz CT molecular complexity index is 1500. The molecule has 0 fully saturated rings. The van der Waals surface area contributed by atoms with Gasteiger partial charge in [-0.2, -0.15) is 0 Å². The number of aliphatic hydroxyl groups excluding tert-OH is 1. The van der Waals surface area contributed by atoms with E-state index in [0.717, 1.165) is 16.5 Å². The molecule has 0 spiro atoms. The maximum atomic E-state index is 14.5. The van der Waals surface area contributed by atoms with Crippen LogP contribution in [0.3, 0.4) is 0 Å². The number of rotatable bonds is 7. The average Bonchev–Trinajstić information content (AvgIpc) is 3.24. The number of hydrogen-bond donors (Lipinski definition) is 3. The summed E-state index contributed by atoms with van der Waals surface area (Å²) in [7, 11) is 0. The molecular formula is C26H27FN4O6. The molecule has 2 aromatic heterocycles. The molecule has 2 aliphatic rings. The number of benzene rings is 1. The number of aliphatic hydroxyl groups is 1. The van der Waals surface area contributed by atoms with Crippen molar-refractivity contribution < 1.29 is 28.6 Å². The van der Waals surface area contributed by atoms with Crippen molar-refractivity contribution in [2.24, 2.45) is 5.73 Å². The van der Waals surface area contributed by atoms with Crippen LogP contribution in [0.5, 0.6) is 0 Å². The molecule has 0 radical (unpaired) electrons. The molecule has 1 amide bonds. The number of aromatic nitrogens is 2. The van der Waals surface area contributed by atoms with Gasteiger partial charge in [0.1, 0.15) is 19.2 Å². The van der Waals surface area contributed by atoms with Crippen molar-refractivity contribution in [1.29, 1.82) is 0 Å². The highest BCUT2D eigenvalue weighted by molar-refractivity contribution is 5.89. The minimum absolute atomic E-state index is 0.0340. The second kappa shape index (κ2) is 9.66. The average molecular weight is 511 g/mol. The van der Waals surface area contributed by atoms with Crippen molar-refractivity contribution in [3.8, 4) is 11.4 Å². The van der Waals surface area contributed by atoms with Gasteiger partial charge < -0.3 is 30.2 Å². The number of nitrogens with two attached hydrogens (primary N) is 1. The van der Waals surface area contributed by atoms with Crippen LogP contribution in [0.25, 0.3) is 22.3 Å². The van der Waals surface area contributed by atoms with Crippen LogP contribution >= 0.6 is 0 Å². The third-order valence-corrected chi connectivity index (χ3v) is 6.98. The molecule has 11 heteroatoms. The number of nitrogens with zero attached hydrogens (tertiary/aromatic N) is 2. The fourth-order valence-electron chi connectivity index (χ4n) is 4.89. The quantitative estimate of drug-likeness (QED) is 0.249. The first-order valence-electron chi connectivity index (χ1n) is 12.0. The first kappa shape index (κ1) is 25.0. The van der Waals surface area contributed by atoms with Gasteiger partial charge in [0, 0.05) is 22.6 Å². The van der Waals surface area contributed by atoms with Gasteiger partial charge in [0.2, 0.25) is 5.91 Å². The largest absolute Gasteiger partial charge is 0.458 e. The summed E-state index contributed by atoms with van der Waals surface area (Å²) in [6.07, 6.45) is -0.631. The van der Waals surface area contributed by atoms with E-state index in [9.17, 15) is 23.9 Å². The number of nitrogens with one attached hydrogen (secondary N) is 1. The highest BCUT2D eigenvalue weighted by Crippen LogP contribution is 2.38. The Morgan fingerprint density at radius 1 is 1.35 bits per heavy atom. The Kier molecular flexibility index (Phi) is 6.52. The lowest BCUT2D eigenvalue weighted by Crippen LogP contribution is -2.33. The van der Waals surface area contributed by atoms with Crippen molar-refractivity contribution in [1.82, 2.24) is 14.9 Å². The lowest BCUT2D eigenvalue weighted by atomic mass is 9.94. The molecule has 0 aliphatic carbocycles. The standard InChI is InChI=1S/C26H27FN4O6/c1-12-5-15-14(4-3-13(2)37-11-29-22(32)8-28)17-9-31-21(23(17)30-20(15)7-19(12)27)6-16-18(25(31)34)10-36-26(35)24(16)33/h5-7,13,24,33H,3-4,8-11,28H2,1-2H3,(H,29,32)/t13-,24+/m1/s1. The monoisotopic (exact) mass is 510 g/mol. The second-order valence-electron chi connectivity index (χ2n) is 9.37. The lowest BCUT2D eigenvalue weighted by molar-refractivity contribution is -0.157. The van der Waals surface area contributed by atoms with Crippen molar-refractivity contribution in [2.75, 3.05) is 13.3 Å². The van der Waals surface area contributed by atoms with Crippen molar-refractivity contribution in [3.63, 3.8) is 0 Å². The van der Waals surface area contributed by atoms with E-state index in [1.807, 2.05) is 6.92 Å². The minimum Gasteiger partial charge on any atom is -0.458 e. The number of pyridine rings is 2. The smallest absolute Gasteiger partial charge is 0.340 e. The first-order valence-corrected chi connectivity index (χ1v) is 12.0. The molecule has 37 heavy (non-hydrogen) atoms. The van der Waals surface area contributed by atoms with E-state index < -0.39 is 17.9 Å². The number of ether oxygens (including phenoxy) is 2. The maximum Gasteiger partial charge on any atom is 0.340 e. The van der Waals surface area contributed by atoms with Gasteiger partial charge in [-0.1, -0.05) is 0 Å². The van der Waals surface area contributed by atoms with Crippen molar-refractivity contribution in [3.05, 3.63) is 62.2 Å². The lowest BCUT2D eigenvalue weighted by Gasteiger charge is -2.21. The number of aryl methyl sites for hydroxylation is 2. The van der Waals surface area contributed by atoms with Crippen LogP contribution in [0.15, 0.2) is 23.0 Å². The number of amides is 1. The molecule has 4 heterocycles. The third-order valence-electron chi connectivity index (χ3n) is 6.98. The van der Waals surface area contributed by atoms with Gasteiger partial charge in [0.15, 0.2) is 6.10 Å². The van der Waals surface area contributed by atoms with E-state index in [0.29, 0.717) is 35.3 Å². The number of cyclic esters (lactones) is 1. The van der Waals surface area contributed by atoms with Crippen LogP contribution in [0.2, 0.25) is 0 Å². The minimum atomic E-state index is -1.55. The van der Waals surface area contributed by atoms with E-state index in [2.05, 4.69) is 5.32 Å². The van der Waals surface area contributed by atoms with E-state index >= 15 is 0 Å². The third kappa shape index (κ3) is 4.39. The van der Waals surface area contributed by atoms with Gasteiger partial charge in [-0.25, -0.2) is 14.2 Å². The Morgan fingerprint density at radius 3 is 2.89 bits per heavy atom. The van der Waals surface area contributed by atoms with Crippen LogP contribution in [0.1, 0.15) is 47.3 Å². The number of esters is 1. The van der Waals surface area contributed by atoms with Gasteiger partial charge in [0.25, 0.3) is 5.56 Å². The number of halogens is 1. The Labute approximate surface area is 211 Å². The predicted octanol–water partition coefficient (Wildman–Crippen LogP) is 1.33. The second-order valence-corrected chi connectivity index (χ2v) is 9.37. The van der Waals surface area contributed by atoms with Crippen LogP contribution in [-0.2, 0) is 38.6 Å². The fourth-order valence-corrected chi connectivity index (χ4v) is 4.89. The van der Waals surface area contributed by atoms with E-state index in [1.54, 1.807) is 23.6 Å². The summed E-state index contributed by atoms with van der Waals surface area (Å²) in [6, 6.07) is 4.74. The van der Waals surface area contributed by atoms with Crippen LogP contribution in [0, 0.1) is 12.7 Å². The zero-order valence-electron chi connectivity index (χ0n) is 20.5. The molecule has 2 atom stereocenters. The predicted molar refractivity (Wildman–Crippen MR) is 131 cm³/mol. The summed E-state index contributed by atoms with van der Waals surface area (Å²) < 4.78 is 26.7. The van der Waals surface area contributed by atoms with Crippen LogP contribution in [-0.4, -0.2) is 45.9 Å². The Morgan fingerprint density at radius 2 is 2.14 bits per heavy atom. The molecule has 2 aliphatic heterocycles. The molecule has 5 rings (SSSR count). The van der Waals surface area contributed by atoms with Crippen LogP contribution < -0.4 is 16.6 Å². The molecule has 4 N–H and O–H groups in total. The molecule has 3 aromatic rings. The van der Waals surface area contributed by atoms with Crippen molar-refractivity contribution in [2.45, 2.75) is 52.0 Å². The molecule has 0 saturated carbocycles. The normalized spacial score (nSPS) is 16.7. The summed E-state index contributed by atoms with van der Waals surface area (Å²) in [4.78, 5) is 41.3. The zero-order chi connectivity index (χ0) is 26.4. The highest BCUT2D eigenvalue weighted by Gasteiger charge is 2.34. The highest BCUT2D eigenvalue weighted by atomic mass is 19.1. The molecule has 0 bridgehead atoms. The zero-order valence-corrected chi connectivity index (χ0v) is 20.5. The summed E-state index contributed by atoms with van der Waals surface area (Å²) in [5.41, 5.74) is 9.01. The fraction of sp³-hybridized carbons (Fsp3) is 0.385. The van der Waals surface area contributed by atoms with Gasteiger partial charge in [-0.05, 0) is 49.9 Å². The van der Waals surface area contributed by atoms with Crippen LogP contribution in [0.4, 0.5) is 4.39 Å². The van der Waals surface area contributed by atoms with E-state index in [-0.39, 0.29) is 55.1 Å². The molecule has 0 saturated heterocycles. The Hall–Kier alpha value is -3.67. The molecule has 194 valence electrons. The van der Waals surface area contributed by atoms with Gasteiger partial charge in [-0.3, -0.25) is 9.59 Å². The summed E-state index contributed by atoms with van der Waals surface area (Å²) in [6.45, 7) is 3.52. The molecule has 0 unspecified atom stereocenters. The van der Waals surface area contributed by atoms with Gasteiger partial charge >= 0.3 is 5.97 Å². The first-order chi connectivity index (χ1) is 17.7. The number of carbonyl (C=O) groups is 2. The van der Waals surface area contributed by atoms with Crippen molar-refractivity contribution >= 4 is 22.8 Å². The van der Waals surface area contributed by atoms with Gasteiger partial charge in [-0.15, -0.1) is 0 Å². The SMILES string of the molecule is Cc1cc2c(CC[C@@H](C)OCNC(=O)CN)c3c(nc2cc1F)-c1cc2c(c(=O)n1C3)COC(=O)[C@H]2O. The number of fused-ring (bicyclic) bond motifs is 5. The molecular weight excluding hydrogens is 483 g/mol. The number of hydrogen-bond acceptors (Lipinski definition) is 8. The maximum absolute atomic E-state index is 14.5. The molecule has 10 nitrogen and oxygen atoms in total. The Balaban J connectivity index is 1.56.